The van der Waals surface area contributed by atoms with Gasteiger partial charge in [-0.15, -0.1) is 0 Å². The number of aromatic nitrogens is 2. The second-order valence-electron chi connectivity index (χ2n) is 5.28. The third-order valence-corrected chi connectivity index (χ3v) is 4.48. The van der Waals surface area contributed by atoms with Gasteiger partial charge in [0.2, 0.25) is 0 Å². The lowest BCUT2D eigenvalue weighted by Gasteiger charge is -2.34. The quantitative estimate of drug-likeness (QED) is 0.776. The molecule has 1 aromatic heterocycles. The Morgan fingerprint density at radius 3 is 2.75 bits per heavy atom. The van der Waals surface area contributed by atoms with Gasteiger partial charge in [-0.3, -0.25) is 4.68 Å². The van der Waals surface area contributed by atoms with E-state index in [2.05, 4.69) is 24.0 Å². The van der Waals surface area contributed by atoms with Crippen molar-refractivity contribution in [2.75, 3.05) is 13.1 Å². The molecule has 1 saturated heterocycles. The van der Waals surface area contributed by atoms with Crippen molar-refractivity contribution in [3.63, 3.8) is 0 Å². The zero-order valence-corrected chi connectivity index (χ0v) is 10.3. The third-order valence-electron chi connectivity index (χ3n) is 4.48. The van der Waals surface area contributed by atoms with Gasteiger partial charge in [0, 0.05) is 18.2 Å². The van der Waals surface area contributed by atoms with Gasteiger partial charge in [0.1, 0.15) is 0 Å². The molecule has 0 bridgehead atoms. The van der Waals surface area contributed by atoms with Crippen molar-refractivity contribution in [2.45, 2.75) is 44.4 Å². The van der Waals surface area contributed by atoms with Crippen LogP contribution in [0.15, 0.2) is 0 Å². The summed E-state index contributed by atoms with van der Waals surface area (Å²) in [5.74, 6) is 0. The summed E-state index contributed by atoms with van der Waals surface area (Å²) in [6, 6.07) is 0. The van der Waals surface area contributed by atoms with Gasteiger partial charge in [-0.25, -0.2) is 0 Å². The smallest absolute Gasteiger partial charge is 0.0656 e. The summed E-state index contributed by atoms with van der Waals surface area (Å²) in [6.45, 7) is 4.56. The molecule has 88 valence electrons. The van der Waals surface area contributed by atoms with Crippen molar-refractivity contribution in [2.24, 2.45) is 7.05 Å². The van der Waals surface area contributed by atoms with Crippen molar-refractivity contribution in [1.29, 1.82) is 0 Å². The highest BCUT2D eigenvalue weighted by Crippen LogP contribution is 2.45. The van der Waals surface area contributed by atoms with Gasteiger partial charge in [-0.1, -0.05) is 6.92 Å². The van der Waals surface area contributed by atoms with E-state index in [1.807, 2.05) is 0 Å². The summed E-state index contributed by atoms with van der Waals surface area (Å²) in [5.41, 5.74) is 4.93. The van der Waals surface area contributed by atoms with E-state index < -0.39 is 0 Å². The lowest BCUT2D eigenvalue weighted by Crippen LogP contribution is -2.39. The normalized spacial score (nSPS) is 22.6. The van der Waals surface area contributed by atoms with Gasteiger partial charge in [0.15, 0.2) is 0 Å². The number of nitrogens with one attached hydrogen (secondary N) is 1. The molecule has 0 amide bonds. The number of hydrogen-bond acceptors (Lipinski definition) is 2. The molecular formula is C13H21N3. The Kier molecular flexibility index (Phi) is 2.32. The van der Waals surface area contributed by atoms with E-state index in [0.717, 1.165) is 6.42 Å². The number of aryl methyl sites for hydroxylation is 2. The molecule has 1 aromatic rings. The van der Waals surface area contributed by atoms with Crippen LogP contribution >= 0.6 is 0 Å². The fourth-order valence-corrected chi connectivity index (χ4v) is 3.71. The number of rotatable bonds is 1. The zero-order chi connectivity index (χ0) is 11.2. The number of piperidine rings is 1. The average Bonchev–Trinajstić information content (AvgIpc) is 2.82. The van der Waals surface area contributed by atoms with E-state index in [9.17, 15) is 0 Å². The number of fused-ring (bicyclic) bond motifs is 2. The van der Waals surface area contributed by atoms with Crippen LogP contribution in [-0.4, -0.2) is 22.9 Å². The molecule has 0 aromatic carbocycles. The van der Waals surface area contributed by atoms with Gasteiger partial charge >= 0.3 is 0 Å². The van der Waals surface area contributed by atoms with Crippen LogP contribution in [-0.2, 0) is 25.3 Å². The summed E-state index contributed by atoms with van der Waals surface area (Å²) < 4.78 is 2.17. The lowest BCUT2D eigenvalue weighted by molar-refractivity contribution is 0.290. The number of nitrogens with zero attached hydrogens (tertiary/aromatic N) is 2. The molecule has 0 radical (unpaired) electrons. The molecule has 3 rings (SSSR count). The maximum atomic E-state index is 4.70. The van der Waals surface area contributed by atoms with Crippen molar-refractivity contribution < 1.29 is 0 Å². The molecule has 1 aliphatic heterocycles. The van der Waals surface area contributed by atoms with Crippen LogP contribution in [0.4, 0.5) is 0 Å². The highest BCUT2D eigenvalue weighted by molar-refractivity contribution is 5.38. The summed E-state index contributed by atoms with van der Waals surface area (Å²) in [6.07, 6.45) is 6.28. The molecular weight excluding hydrogens is 198 g/mol. The molecule has 2 aliphatic rings. The largest absolute Gasteiger partial charge is 0.317 e. The van der Waals surface area contributed by atoms with E-state index in [1.54, 1.807) is 11.3 Å². The average molecular weight is 219 g/mol. The predicted octanol–water partition coefficient (Wildman–Crippen LogP) is 1.55. The van der Waals surface area contributed by atoms with Crippen LogP contribution in [0.1, 0.15) is 43.1 Å². The van der Waals surface area contributed by atoms with Gasteiger partial charge in [0.25, 0.3) is 0 Å². The Hall–Kier alpha value is -0.830. The topological polar surface area (TPSA) is 29.9 Å². The summed E-state index contributed by atoms with van der Waals surface area (Å²) in [7, 11) is 2.13. The Morgan fingerprint density at radius 1 is 1.31 bits per heavy atom. The first-order chi connectivity index (χ1) is 7.77. The van der Waals surface area contributed by atoms with E-state index >= 15 is 0 Å². The second-order valence-corrected chi connectivity index (χ2v) is 5.28. The minimum Gasteiger partial charge on any atom is -0.317 e. The standard InChI is InChI=1S/C13H21N3/c1-3-11-10-4-5-13(6-8-14-9-7-13)12(10)16(2)15-11/h14H,3-9H2,1-2H3. The van der Waals surface area contributed by atoms with Crippen molar-refractivity contribution >= 4 is 0 Å². The van der Waals surface area contributed by atoms with Crippen LogP contribution in [0.3, 0.4) is 0 Å². The second kappa shape index (κ2) is 3.59. The Labute approximate surface area is 97.2 Å². The third kappa shape index (κ3) is 1.27. The Balaban J connectivity index is 2.07. The molecule has 3 nitrogen and oxygen atoms in total. The fraction of sp³-hybridized carbons (Fsp3) is 0.769. The van der Waals surface area contributed by atoms with Crippen LogP contribution in [0, 0.1) is 0 Å². The minimum absolute atomic E-state index is 0.454. The van der Waals surface area contributed by atoms with Crippen molar-refractivity contribution in [1.82, 2.24) is 15.1 Å². The molecule has 2 heterocycles. The lowest BCUT2D eigenvalue weighted by atomic mass is 9.76. The van der Waals surface area contributed by atoms with Crippen LogP contribution in [0.25, 0.3) is 0 Å². The number of hydrogen-bond donors (Lipinski definition) is 1. The highest BCUT2D eigenvalue weighted by atomic mass is 15.3. The SMILES string of the molecule is CCc1nn(C)c2c1CCC21CCNCC1. The highest BCUT2D eigenvalue weighted by Gasteiger charge is 2.43. The summed E-state index contributed by atoms with van der Waals surface area (Å²) in [4.78, 5) is 0. The fourth-order valence-electron chi connectivity index (χ4n) is 3.71. The predicted molar refractivity (Wildman–Crippen MR) is 64.7 cm³/mol. The monoisotopic (exact) mass is 219 g/mol. The Bertz CT molecular complexity index is 400. The first kappa shape index (κ1) is 10.3. The molecule has 3 heteroatoms. The molecule has 1 spiro atoms. The molecule has 0 unspecified atom stereocenters. The molecule has 1 N–H and O–H groups in total. The first-order valence-corrected chi connectivity index (χ1v) is 6.53. The van der Waals surface area contributed by atoms with Crippen LogP contribution < -0.4 is 5.32 Å². The van der Waals surface area contributed by atoms with Crippen molar-refractivity contribution in [3.05, 3.63) is 17.0 Å². The molecule has 1 aliphatic carbocycles. The Morgan fingerprint density at radius 2 is 2.06 bits per heavy atom. The zero-order valence-electron chi connectivity index (χ0n) is 10.3. The van der Waals surface area contributed by atoms with Gasteiger partial charge in [0.05, 0.1) is 5.69 Å². The maximum Gasteiger partial charge on any atom is 0.0656 e. The van der Waals surface area contributed by atoms with Crippen LogP contribution in [0.2, 0.25) is 0 Å². The van der Waals surface area contributed by atoms with Crippen molar-refractivity contribution in [3.8, 4) is 0 Å². The van der Waals surface area contributed by atoms with Gasteiger partial charge < -0.3 is 5.32 Å². The van der Waals surface area contributed by atoms with E-state index in [1.165, 1.54) is 44.5 Å². The molecule has 0 saturated carbocycles. The molecule has 0 atom stereocenters. The summed E-state index contributed by atoms with van der Waals surface area (Å²) in [5, 5.41) is 8.17. The van der Waals surface area contributed by atoms with Gasteiger partial charge in [-0.05, 0) is 50.8 Å². The summed E-state index contributed by atoms with van der Waals surface area (Å²) >= 11 is 0. The van der Waals surface area contributed by atoms with E-state index in [0.29, 0.717) is 5.41 Å². The minimum atomic E-state index is 0.454. The van der Waals surface area contributed by atoms with E-state index in [4.69, 9.17) is 5.10 Å². The first-order valence-electron chi connectivity index (χ1n) is 6.53. The van der Waals surface area contributed by atoms with Gasteiger partial charge in [-0.2, -0.15) is 5.10 Å². The van der Waals surface area contributed by atoms with E-state index in [-0.39, 0.29) is 0 Å². The van der Waals surface area contributed by atoms with Crippen LogP contribution in [0.5, 0.6) is 0 Å². The maximum absolute atomic E-state index is 4.70. The molecule has 1 fully saturated rings. The molecule has 16 heavy (non-hydrogen) atoms.